The maximum Gasteiger partial charge on any atom is 0.306 e. The summed E-state index contributed by atoms with van der Waals surface area (Å²) < 4.78 is 16.9. The molecule has 448 valence electrons. The lowest BCUT2D eigenvalue weighted by Gasteiger charge is -2.18. The minimum absolute atomic E-state index is 0.0964. The van der Waals surface area contributed by atoms with Crippen LogP contribution < -0.4 is 0 Å². The van der Waals surface area contributed by atoms with Gasteiger partial charge in [0.15, 0.2) is 6.10 Å². The number of rotatable bonds is 60. The van der Waals surface area contributed by atoms with E-state index in [2.05, 4.69) is 118 Å². The average Bonchev–Trinajstić information content (AvgIpc) is 3.44. The highest BCUT2D eigenvalue weighted by Gasteiger charge is 2.19. The molecule has 1 atom stereocenters. The van der Waals surface area contributed by atoms with E-state index < -0.39 is 6.10 Å². The molecule has 0 aromatic carbocycles. The topological polar surface area (TPSA) is 78.9 Å². The number of carbonyl (C=O) groups is 3. The molecular weight excluding hydrogens is 961 g/mol. The normalized spacial score (nSPS) is 12.7. The van der Waals surface area contributed by atoms with Crippen LogP contribution >= 0.6 is 0 Å². The van der Waals surface area contributed by atoms with Gasteiger partial charge in [0.05, 0.1) is 0 Å². The number of hydrogen-bond donors (Lipinski definition) is 0. The van der Waals surface area contributed by atoms with Crippen LogP contribution in [0, 0.1) is 0 Å². The van der Waals surface area contributed by atoms with Crippen LogP contribution in [0.2, 0.25) is 0 Å². The monoisotopic (exact) mass is 1080 g/mol. The van der Waals surface area contributed by atoms with Crippen molar-refractivity contribution in [2.45, 2.75) is 329 Å². The summed E-state index contributed by atoms with van der Waals surface area (Å²) >= 11 is 0. The Morgan fingerprint density at radius 1 is 0.269 bits per heavy atom. The van der Waals surface area contributed by atoms with Crippen molar-refractivity contribution in [3.05, 3.63) is 97.2 Å². The molecule has 6 nitrogen and oxygen atoms in total. The molecule has 0 saturated carbocycles. The lowest BCUT2D eigenvalue weighted by atomic mass is 10.0. The Morgan fingerprint density at radius 2 is 0.526 bits per heavy atom. The molecule has 78 heavy (non-hydrogen) atoms. The van der Waals surface area contributed by atoms with Crippen molar-refractivity contribution in [1.29, 1.82) is 0 Å². The molecule has 1 unspecified atom stereocenters. The Morgan fingerprint density at radius 3 is 0.872 bits per heavy atom. The molecule has 0 bridgehead atoms. The Balaban J connectivity index is 4.23. The predicted molar refractivity (Wildman–Crippen MR) is 339 cm³/mol. The smallest absolute Gasteiger partial charge is 0.306 e. The molecule has 0 fully saturated rings. The van der Waals surface area contributed by atoms with Crippen molar-refractivity contribution >= 4 is 17.9 Å². The standard InChI is InChI=1S/C72H124O6/c1-4-7-10-13-16-19-22-24-26-28-30-32-33-34-35-36-37-38-39-41-42-44-46-48-50-53-56-59-62-65-71(74)77-68-69(67-76-70(73)64-61-58-55-52-21-18-15-12-9-6-3)78-72(75)66-63-60-57-54-51-49-47-45-43-40-31-29-27-25-23-20-17-14-11-8-5-2/h8,11-12,15,17,20,25,27-28,30-31,40,45,47,51,54,69H,4-7,9-10,13-14,16,18-19,21-24,26,29,32-39,41-44,46,48-50,52-53,55-68H2,1-3H3/b11-8-,15-12-,20-17-,27-25-,30-28-,40-31-,47-45-,54-51-. The van der Waals surface area contributed by atoms with Gasteiger partial charge >= 0.3 is 17.9 Å². The summed E-state index contributed by atoms with van der Waals surface area (Å²) in [5.41, 5.74) is 0. The van der Waals surface area contributed by atoms with Gasteiger partial charge in [-0.1, -0.05) is 285 Å². The molecular formula is C72H124O6. The fraction of sp³-hybridized carbons (Fsp3) is 0.736. The van der Waals surface area contributed by atoms with E-state index in [1.807, 2.05) is 0 Å². The average molecular weight is 1090 g/mol. The van der Waals surface area contributed by atoms with E-state index in [1.54, 1.807) is 0 Å². The van der Waals surface area contributed by atoms with E-state index in [0.29, 0.717) is 19.3 Å². The molecule has 0 aliphatic heterocycles. The zero-order valence-electron chi connectivity index (χ0n) is 51.4. The van der Waals surface area contributed by atoms with Crippen LogP contribution in [0.4, 0.5) is 0 Å². The summed E-state index contributed by atoms with van der Waals surface area (Å²) in [6.07, 6.45) is 88.8. The number of carbonyl (C=O) groups excluding carboxylic acids is 3. The van der Waals surface area contributed by atoms with Gasteiger partial charge in [0, 0.05) is 19.3 Å². The lowest BCUT2D eigenvalue weighted by Crippen LogP contribution is -2.30. The first-order valence-electron chi connectivity index (χ1n) is 33.2. The van der Waals surface area contributed by atoms with Gasteiger partial charge in [0.2, 0.25) is 0 Å². The maximum absolute atomic E-state index is 12.9. The van der Waals surface area contributed by atoms with Gasteiger partial charge in [-0.05, 0) is 116 Å². The first kappa shape index (κ1) is 74.3. The maximum atomic E-state index is 12.9. The molecule has 0 aliphatic carbocycles. The van der Waals surface area contributed by atoms with E-state index in [-0.39, 0.29) is 37.5 Å². The zero-order valence-corrected chi connectivity index (χ0v) is 51.4. The molecule has 0 spiro atoms. The second kappa shape index (κ2) is 65.8. The van der Waals surface area contributed by atoms with Gasteiger partial charge in [-0.3, -0.25) is 14.4 Å². The number of unbranched alkanes of at least 4 members (excludes halogenated alkanes) is 33. The van der Waals surface area contributed by atoms with Crippen LogP contribution in [0.15, 0.2) is 97.2 Å². The molecule has 0 amide bonds. The molecule has 0 aromatic heterocycles. The molecule has 0 aliphatic rings. The Hall–Kier alpha value is -3.67. The van der Waals surface area contributed by atoms with Crippen LogP contribution in [0.3, 0.4) is 0 Å². The largest absolute Gasteiger partial charge is 0.462 e. The highest BCUT2D eigenvalue weighted by atomic mass is 16.6. The van der Waals surface area contributed by atoms with E-state index in [0.717, 1.165) is 109 Å². The fourth-order valence-electron chi connectivity index (χ4n) is 9.33. The summed E-state index contributed by atoms with van der Waals surface area (Å²) in [6, 6.07) is 0. The van der Waals surface area contributed by atoms with Crippen molar-refractivity contribution < 1.29 is 28.6 Å². The Bertz CT molecular complexity index is 1530. The third kappa shape index (κ3) is 63.2. The van der Waals surface area contributed by atoms with Gasteiger partial charge in [0.1, 0.15) is 13.2 Å². The lowest BCUT2D eigenvalue weighted by molar-refractivity contribution is -0.167. The minimum Gasteiger partial charge on any atom is -0.462 e. The molecule has 0 heterocycles. The van der Waals surface area contributed by atoms with Gasteiger partial charge < -0.3 is 14.2 Å². The highest BCUT2D eigenvalue weighted by molar-refractivity contribution is 5.71. The van der Waals surface area contributed by atoms with Gasteiger partial charge in [0.25, 0.3) is 0 Å². The van der Waals surface area contributed by atoms with Crippen LogP contribution in [0.25, 0.3) is 0 Å². The first-order valence-corrected chi connectivity index (χ1v) is 33.2. The summed E-state index contributed by atoms with van der Waals surface area (Å²) in [4.78, 5) is 38.2. The number of hydrogen-bond acceptors (Lipinski definition) is 6. The van der Waals surface area contributed by atoms with Gasteiger partial charge in [-0.2, -0.15) is 0 Å². The molecule has 0 rings (SSSR count). The Labute approximate surface area is 483 Å². The second-order valence-electron chi connectivity index (χ2n) is 22.0. The van der Waals surface area contributed by atoms with Crippen molar-refractivity contribution in [3.63, 3.8) is 0 Å². The Kier molecular flexibility index (Phi) is 62.7. The van der Waals surface area contributed by atoms with E-state index in [9.17, 15) is 14.4 Å². The van der Waals surface area contributed by atoms with Crippen LogP contribution in [-0.2, 0) is 28.6 Å². The molecule has 0 aromatic rings. The summed E-state index contributed by atoms with van der Waals surface area (Å²) in [6.45, 7) is 6.45. The number of allylic oxidation sites excluding steroid dienone is 16. The summed E-state index contributed by atoms with van der Waals surface area (Å²) in [7, 11) is 0. The second-order valence-corrected chi connectivity index (χ2v) is 22.0. The SMILES string of the molecule is CC/C=C\C/C=C\C/C=C\C/C=C\C/C=C\C/C=C\CCCCC(=O)OC(COC(=O)CCCCCCC/C=C\CCC)COC(=O)CCCCCCCCCCCCCCCCCCC/C=C\CCCCCCCCCC. The van der Waals surface area contributed by atoms with Crippen molar-refractivity contribution in [3.8, 4) is 0 Å². The van der Waals surface area contributed by atoms with Gasteiger partial charge in [-0.25, -0.2) is 0 Å². The number of ether oxygens (including phenoxy) is 3. The zero-order chi connectivity index (χ0) is 56.4. The van der Waals surface area contributed by atoms with Gasteiger partial charge in [-0.15, -0.1) is 0 Å². The van der Waals surface area contributed by atoms with E-state index >= 15 is 0 Å². The van der Waals surface area contributed by atoms with Crippen molar-refractivity contribution in [1.82, 2.24) is 0 Å². The van der Waals surface area contributed by atoms with Crippen molar-refractivity contribution in [2.75, 3.05) is 13.2 Å². The van der Waals surface area contributed by atoms with Crippen LogP contribution in [0.1, 0.15) is 323 Å². The highest BCUT2D eigenvalue weighted by Crippen LogP contribution is 2.17. The molecule has 0 saturated heterocycles. The molecule has 0 N–H and O–H groups in total. The summed E-state index contributed by atoms with van der Waals surface area (Å²) in [5, 5.41) is 0. The predicted octanol–water partition coefficient (Wildman–Crippen LogP) is 22.8. The van der Waals surface area contributed by atoms with Crippen LogP contribution in [0.5, 0.6) is 0 Å². The molecule has 6 heteroatoms. The van der Waals surface area contributed by atoms with E-state index in [1.165, 1.54) is 167 Å². The quantitative estimate of drug-likeness (QED) is 0.0261. The van der Waals surface area contributed by atoms with E-state index in [4.69, 9.17) is 14.2 Å². The molecule has 0 radical (unpaired) electrons. The number of esters is 3. The first-order chi connectivity index (χ1) is 38.5. The fourth-order valence-corrected chi connectivity index (χ4v) is 9.33. The third-order valence-corrected chi connectivity index (χ3v) is 14.3. The summed E-state index contributed by atoms with van der Waals surface area (Å²) in [5.74, 6) is -0.943. The minimum atomic E-state index is -0.804. The third-order valence-electron chi connectivity index (χ3n) is 14.3. The van der Waals surface area contributed by atoms with Crippen LogP contribution in [-0.4, -0.2) is 37.2 Å². The van der Waals surface area contributed by atoms with Crippen molar-refractivity contribution in [2.24, 2.45) is 0 Å².